The molecule has 0 atom stereocenters. The molecule has 0 aliphatic heterocycles. The third-order valence-electron chi connectivity index (χ3n) is 2.22. The summed E-state index contributed by atoms with van der Waals surface area (Å²) in [5.41, 5.74) is 6.24. The number of nitrogens with two attached hydrogens (primary N) is 1. The summed E-state index contributed by atoms with van der Waals surface area (Å²) in [5, 5.41) is -0.449. The first-order valence-electron chi connectivity index (χ1n) is 4.94. The minimum Gasteiger partial charge on any atom is -0.326 e. The minimum atomic E-state index is -4.45. The third kappa shape index (κ3) is 2.66. The topological polar surface area (TPSA) is 38.9 Å². The molecule has 2 aromatic rings. The van der Waals surface area contributed by atoms with Gasteiger partial charge in [-0.25, -0.2) is 4.98 Å². The maximum absolute atomic E-state index is 12.6. The molecule has 1 aromatic heterocycles. The van der Waals surface area contributed by atoms with Crippen LogP contribution >= 0.6 is 22.9 Å². The lowest BCUT2D eigenvalue weighted by Gasteiger charge is -2.01. The van der Waals surface area contributed by atoms with Crippen molar-refractivity contribution in [2.24, 2.45) is 5.73 Å². The highest BCUT2D eigenvalue weighted by Gasteiger charge is 2.36. The van der Waals surface area contributed by atoms with Crippen LogP contribution in [0.1, 0.15) is 9.88 Å². The molecule has 0 unspecified atom stereocenters. The highest BCUT2D eigenvalue weighted by molar-refractivity contribution is 7.12. The van der Waals surface area contributed by atoms with Crippen molar-refractivity contribution < 1.29 is 13.2 Å². The molecule has 0 amide bonds. The number of halogens is 4. The van der Waals surface area contributed by atoms with Gasteiger partial charge in [-0.1, -0.05) is 23.7 Å². The lowest BCUT2D eigenvalue weighted by Crippen LogP contribution is -2.03. The molecular weight excluding hydrogens is 285 g/mol. The molecule has 2 N–H and O–H groups in total. The highest BCUT2D eigenvalue weighted by atomic mass is 35.5. The summed E-state index contributed by atoms with van der Waals surface area (Å²) in [4.78, 5) is 4.01. The number of aromatic nitrogens is 1. The number of nitrogens with zero attached hydrogens (tertiary/aromatic N) is 1. The van der Waals surface area contributed by atoms with Crippen LogP contribution in [-0.4, -0.2) is 4.98 Å². The molecule has 0 aliphatic carbocycles. The van der Waals surface area contributed by atoms with Gasteiger partial charge in [-0.3, -0.25) is 0 Å². The van der Waals surface area contributed by atoms with Crippen molar-refractivity contribution >= 4 is 22.9 Å². The lowest BCUT2D eigenvalue weighted by atomic mass is 10.1. The van der Waals surface area contributed by atoms with Crippen molar-refractivity contribution in [3.05, 3.63) is 39.2 Å². The molecule has 0 aliphatic rings. The SMILES string of the molecule is NCc1sc(C(F)(F)F)nc1-c1cccc(Cl)c1. The second-order valence-corrected chi connectivity index (χ2v) is 5.02. The van der Waals surface area contributed by atoms with E-state index in [-0.39, 0.29) is 12.2 Å². The molecule has 0 saturated carbocycles. The molecule has 1 aromatic carbocycles. The van der Waals surface area contributed by atoms with Crippen molar-refractivity contribution in [3.63, 3.8) is 0 Å². The van der Waals surface area contributed by atoms with Crippen LogP contribution in [0.3, 0.4) is 0 Å². The molecule has 2 nitrogen and oxygen atoms in total. The Morgan fingerprint density at radius 1 is 1.33 bits per heavy atom. The maximum atomic E-state index is 12.6. The van der Waals surface area contributed by atoms with E-state index in [1.165, 1.54) is 0 Å². The Bertz CT molecular complexity index is 566. The molecule has 0 spiro atoms. The zero-order chi connectivity index (χ0) is 13.3. The zero-order valence-corrected chi connectivity index (χ0v) is 10.5. The Morgan fingerprint density at radius 2 is 2.06 bits per heavy atom. The lowest BCUT2D eigenvalue weighted by molar-refractivity contribution is -0.137. The van der Waals surface area contributed by atoms with Gasteiger partial charge in [0.1, 0.15) is 0 Å². The molecule has 1 heterocycles. The number of alkyl halides is 3. The predicted molar refractivity (Wildman–Crippen MR) is 65.5 cm³/mol. The smallest absolute Gasteiger partial charge is 0.326 e. The largest absolute Gasteiger partial charge is 0.443 e. The van der Waals surface area contributed by atoms with E-state index in [0.29, 0.717) is 26.8 Å². The van der Waals surface area contributed by atoms with Crippen molar-refractivity contribution in [1.82, 2.24) is 4.98 Å². The van der Waals surface area contributed by atoms with Gasteiger partial charge in [0.2, 0.25) is 0 Å². The van der Waals surface area contributed by atoms with Crippen molar-refractivity contribution in [3.8, 4) is 11.3 Å². The molecule has 0 radical (unpaired) electrons. The summed E-state index contributed by atoms with van der Waals surface area (Å²) in [7, 11) is 0. The number of hydrogen-bond acceptors (Lipinski definition) is 3. The van der Waals surface area contributed by atoms with E-state index in [1.807, 2.05) is 0 Å². The van der Waals surface area contributed by atoms with Crippen LogP contribution in [0, 0.1) is 0 Å². The number of thiazole rings is 1. The first-order valence-corrected chi connectivity index (χ1v) is 6.14. The number of rotatable bonds is 2. The van der Waals surface area contributed by atoms with Gasteiger partial charge in [-0.15, -0.1) is 11.3 Å². The van der Waals surface area contributed by atoms with Gasteiger partial charge in [-0.05, 0) is 12.1 Å². The standard InChI is InChI=1S/C11H8ClF3N2S/c12-7-3-1-2-6(4-7)9-8(5-16)18-10(17-9)11(13,14)15/h1-4H,5,16H2. The van der Waals surface area contributed by atoms with E-state index in [4.69, 9.17) is 17.3 Å². The van der Waals surface area contributed by atoms with E-state index >= 15 is 0 Å². The Kier molecular flexibility index (Phi) is 3.61. The summed E-state index contributed by atoms with van der Waals surface area (Å²) < 4.78 is 37.8. The van der Waals surface area contributed by atoms with Crippen LogP contribution in [0.4, 0.5) is 13.2 Å². The first-order chi connectivity index (χ1) is 8.41. The van der Waals surface area contributed by atoms with E-state index in [0.717, 1.165) is 0 Å². The summed E-state index contributed by atoms with van der Waals surface area (Å²) >= 11 is 6.37. The summed E-state index contributed by atoms with van der Waals surface area (Å²) in [6.07, 6.45) is -4.45. The second-order valence-electron chi connectivity index (χ2n) is 3.50. The van der Waals surface area contributed by atoms with Gasteiger partial charge < -0.3 is 5.73 Å². The molecular formula is C11H8ClF3N2S. The summed E-state index contributed by atoms with van der Waals surface area (Å²) in [6, 6.07) is 6.52. The molecule has 7 heteroatoms. The fourth-order valence-corrected chi connectivity index (χ4v) is 2.49. The molecule has 2 rings (SSSR count). The van der Waals surface area contributed by atoms with Gasteiger partial charge in [-0.2, -0.15) is 13.2 Å². The minimum absolute atomic E-state index is 0.00952. The van der Waals surface area contributed by atoms with Crippen LogP contribution in [-0.2, 0) is 12.7 Å². The van der Waals surface area contributed by atoms with Crippen LogP contribution in [0.15, 0.2) is 24.3 Å². The molecule has 0 fully saturated rings. The fourth-order valence-electron chi connectivity index (χ4n) is 1.47. The fraction of sp³-hybridized carbons (Fsp3) is 0.182. The van der Waals surface area contributed by atoms with Crippen LogP contribution in [0.2, 0.25) is 5.02 Å². The normalized spacial score (nSPS) is 11.8. The van der Waals surface area contributed by atoms with Crippen molar-refractivity contribution in [2.45, 2.75) is 12.7 Å². The Balaban J connectivity index is 2.54. The maximum Gasteiger partial charge on any atom is 0.443 e. The first kappa shape index (κ1) is 13.3. The molecule has 96 valence electrons. The zero-order valence-electron chi connectivity index (χ0n) is 8.96. The average Bonchev–Trinajstić information content (AvgIpc) is 2.72. The van der Waals surface area contributed by atoms with Gasteiger partial charge in [0.25, 0.3) is 0 Å². The number of benzene rings is 1. The van der Waals surface area contributed by atoms with E-state index in [9.17, 15) is 13.2 Å². The van der Waals surface area contributed by atoms with Crippen molar-refractivity contribution in [1.29, 1.82) is 0 Å². The second kappa shape index (κ2) is 4.87. The Hall–Kier alpha value is -1.11. The van der Waals surface area contributed by atoms with Crippen LogP contribution in [0.5, 0.6) is 0 Å². The van der Waals surface area contributed by atoms with Gasteiger partial charge in [0.15, 0.2) is 5.01 Å². The van der Waals surface area contributed by atoms with Crippen LogP contribution < -0.4 is 5.73 Å². The summed E-state index contributed by atoms with van der Waals surface area (Å²) in [5.74, 6) is 0. The van der Waals surface area contributed by atoms with E-state index in [2.05, 4.69) is 4.98 Å². The Morgan fingerprint density at radius 3 is 2.61 bits per heavy atom. The van der Waals surface area contributed by atoms with Crippen LogP contribution in [0.25, 0.3) is 11.3 Å². The molecule has 0 saturated heterocycles. The third-order valence-corrected chi connectivity index (χ3v) is 3.58. The van der Waals surface area contributed by atoms with Crippen molar-refractivity contribution in [2.75, 3.05) is 0 Å². The van der Waals surface area contributed by atoms with Gasteiger partial charge >= 0.3 is 6.18 Å². The monoisotopic (exact) mass is 292 g/mol. The quantitative estimate of drug-likeness (QED) is 0.910. The Labute approximate surface area is 110 Å². The molecule has 18 heavy (non-hydrogen) atoms. The number of hydrogen-bond donors (Lipinski definition) is 1. The average molecular weight is 293 g/mol. The summed E-state index contributed by atoms with van der Waals surface area (Å²) in [6.45, 7) is 0.00952. The highest BCUT2D eigenvalue weighted by Crippen LogP contribution is 2.37. The van der Waals surface area contributed by atoms with E-state index in [1.54, 1.807) is 24.3 Å². The van der Waals surface area contributed by atoms with E-state index < -0.39 is 11.2 Å². The molecule has 0 bridgehead atoms. The predicted octanol–water partition coefficient (Wildman–Crippen LogP) is 3.94. The van der Waals surface area contributed by atoms with Gasteiger partial charge in [0.05, 0.1) is 5.69 Å². The van der Waals surface area contributed by atoms with Gasteiger partial charge in [0, 0.05) is 22.0 Å².